The van der Waals surface area contributed by atoms with Gasteiger partial charge in [-0.2, -0.15) is 5.26 Å². The van der Waals surface area contributed by atoms with Gasteiger partial charge < -0.3 is 29.5 Å². The van der Waals surface area contributed by atoms with E-state index in [1.165, 1.54) is 6.20 Å². The maximum Gasteiger partial charge on any atom is 0.142 e. The molecule has 2 aromatic heterocycles. The van der Waals surface area contributed by atoms with E-state index >= 15 is 0 Å². The van der Waals surface area contributed by atoms with Gasteiger partial charge in [0.25, 0.3) is 0 Å². The van der Waals surface area contributed by atoms with Crippen molar-refractivity contribution in [3.05, 3.63) is 135 Å². The Balaban J connectivity index is 1.05. The number of β-amino-alcohol motifs (C(OH)–C–C–N with tert-alkyl or cyclic N) is 1. The maximum atomic E-state index is 9.81. The van der Waals surface area contributed by atoms with Crippen molar-refractivity contribution >= 4 is 33.2 Å². The minimum Gasteiger partial charge on any atom is -0.493 e. The number of thiazole rings is 1. The fourth-order valence-electron chi connectivity index (χ4n) is 6.88. The maximum absolute atomic E-state index is 9.81. The first-order valence-corrected chi connectivity index (χ1v) is 19.7. The Hall–Kier alpha value is -5.02. The number of nitrogens with one attached hydrogen (secondary N) is 1. The Morgan fingerprint density at radius 2 is 1.71 bits per heavy atom. The molecule has 0 amide bonds. The third-order valence-electron chi connectivity index (χ3n) is 9.89. The molecule has 282 valence electrons. The van der Waals surface area contributed by atoms with Crippen molar-refractivity contribution in [2.45, 2.75) is 59.1 Å². The molecule has 0 saturated carbocycles. The number of halogens is 1. The Bertz CT molecular complexity index is 2270. The van der Waals surface area contributed by atoms with Crippen LogP contribution >= 0.6 is 22.9 Å². The van der Waals surface area contributed by atoms with Crippen LogP contribution in [-0.4, -0.2) is 52.3 Å². The predicted octanol–water partition coefficient (Wildman–Crippen LogP) is 8.78. The van der Waals surface area contributed by atoms with E-state index < -0.39 is 0 Å². The van der Waals surface area contributed by atoms with Gasteiger partial charge in [0.1, 0.15) is 41.5 Å². The third kappa shape index (κ3) is 9.62. The Kier molecular flexibility index (Phi) is 12.6. The molecular weight excluding hydrogens is 730 g/mol. The van der Waals surface area contributed by atoms with Crippen LogP contribution in [0.1, 0.15) is 51.2 Å². The summed E-state index contributed by atoms with van der Waals surface area (Å²) in [5.41, 5.74) is 8.59. The molecule has 2 N–H and O–H groups in total. The number of aliphatic hydroxyl groups excluding tert-OH is 1. The van der Waals surface area contributed by atoms with Gasteiger partial charge in [-0.1, -0.05) is 54.1 Å². The summed E-state index contributed by atoms with van der Waals surface area (Å²) in [7, 11) is 0. The van der Waals surface area contributed by atoms with Crippen LogP contribution in [0.4, 0.5) is 0 Å². The Morgan fingerprint density at radius 1 is 0.891 bits per heavy atom. The van der Waals surface area contributed by atoms with Gasteiger partial charge in [-0.25, -0.2) is 4.98 Å². The number of rotatable bonds is 16. The molecule has 1 fully saturated rings. The molecule has 11 heteroatoms. The normalized spacial score (nSPS) is 14.3. The number of ether oxygens (including phenoxy) is 3. The van der Waals surface area contributed by atoms with E-state index in [0.717, 1.165) is 92.4 Å². The summed E-state index contributed by atoms with van der Waals surface area (Å²) in [6.07, 6.45) is 4.78. The molecule has 1 aliphatic heterocycles. The van der Waals surface area contributed by atoms with Crippen LogP contribution in [0.3, 0.4) is 0 Å². The molecule has 0 bridgehead atoms. The van der Waals surface area contributed by atoms with Crippen LogP contribution in [0.15, 0.2) is 91.3 Å². The zero-order chi connectivity index (χ0) is 38.1. The van der Waals surface area contributed by atoms with Gasteiger partial charge in [0, 0.05) is 62.3 Å². The lowest BCUT2D eigenvalue weighted by Gasteiger charge is -2.19. The number of hydrogen-bond acceptors (Lipinski definition) is 10. The molecular formula is C44H44ClN5O4S. The first-order valence-electron chi connectivity index (χ1n) is 18.5. The van der Waals surface area contributed by atoms with Crippen LogP contribution in [-0.2, 0) is 26.3 Å². The number of nitrogens with zero attached hydrogens (tertiary/aromatic N) is 4. The van der Waals surface area contributed by atoms with Gasteiger partial charge in [0.05, 0.1) is 33.5 Å². The van der Waals surface area contributed by atoms with Crippen LogP contribution in [0, 0.1) is 25.2 Å². The summed E-state index contributed by atoms with van der Waals surface area (Å²) in [4.78, 5) is 11.2. The molecule has 7 rings (SSSR count). The van der Waals surface area contributed by atoms with E-state index in [2.05, 4.69) is 65.4 Å². The molecule has 4 aromatic carbocycles. The van der Waals surface area contributed by atoms with E-state index in [9.17, 15) is 10.4 Å². The topological polar surface area (TPSA) is 113 Å². The van der Waals surface area contributed by atoms with E-state index in [1.807, 2.05) is 42.5 Å². The molecule has 0 radical (unpaired) electrons. The van der Waals surface area contributed by atoms with Gasteiger partial charge in [0.15, 0.2) is 0 Å². The van der Waals surface area contributed by atoms with Gasteiger partial charge in [-0.05, 0) is 84.8 Å². The number of fused-ring (bicyclic) bond motifs is 1. The fraction of sp³-hybridized carbons (Fsp3) is 0.295. The second-order valence-electron chi connectivity index (χ2n) is 13.8. The zero-order valence-electron chi connectivity index (χ0n) is 31.1. The number of nitriles is 1. The monoisotopic (exact) mass is 773 g/mol. The minimum atomic E-state index is -0.203. The summed E-state index contributed by atoms with van der Waals surface area (Å²) < 4.78 is 20.2. The largest absolute Gasteiger partial charge is 0.493 e. The fourth-order valence-corrected chi connectivity index (χ4v) is 8.06. The van der Waals surface area contributed by atoms with Crippen molar-refractivity contribution in [1.29, 1.82) is 5.26 Å². The van der Waals surface area contributed by atoms with Crippen LogP contribution in [0.5, 0.6) is 17.2 Å². The highest BCUT2D eigenvalue weighted by molar-refractivity contribution is 7.18. The van der Waals surface area contributed by atoms with Crippen LogP contribution in [0.25, 0.3) is 21.3 Å². The number of hydrogen-bond donors (Lipinski definition) is 2. The Labute approximate surface area is 331 Å². The van der Waals surface area contributed by atoms with Gasteiger partial charge >= 0.3 is 0 Å². The number of likely N-dealkylation sites (tertiary alicyclic amines) is 1. The first-order chi connectivity index (χ1) is 26.8. The van der Waals surface area contributed by atoms with E-state index in [1.54, 1.807) is 23.6 Å². The minimum absolute atomic E-state index is 0.203. The first kappa shape index (κ1) is 38.3. The van der Waals surface area contributed by atoms with Crippen LogP contribution < -0.4 is 19.5 Å². The van der Waals surface area contributed by atoms with E-state index in [0.29, 0.717) is 48.4 Å². The number of benzene rings is 4. The lowest BCUT2D eigenvalue weighted by molar-refractivity contribution is 0.173. The third-order valence-corrected chi connectivity index (χ3v) is 11.2. The van der Waals surface area contributed by atoms with E-state index in [4.69, 9.17) is 30.8 Å². The molecule has 55 heavy (non-hydrogen) atoms. The predicted molar refractivity (Wildman–Crippen MR) is 218 cm³/mol. The zero-order valence-corrected chi connectivity index (χ0v) is 32.6. The van der Waals surface area contributed by atoms with Crippen LogP contribution in [0.2, 0.25) is 5.02 Å². The number of aliphatic hydroxyl groups is 1. The summed E-state index contributed by atoms with van der Waals surface area (Å²) in [6, 6.07) is 28.2. The molecule has 3 heterocycles. The quantitative estimate of drug-likeness (QED) is 0.0933. The Morgan fingerprint density at radius 3 is 2.53 bits per heavy atom. The molecule has 1 aliphatic rings. The smallest absolute Gasteiger partial charge is 0.142 e. The van der Waals surface area contributed by atoms with E-state index in [-0.39, 0.29) is 12.7 Å². The highest BCUT2D eigenvalue weighted by atomic mass is 35.5. The standard InChI is InChI=1S/C44H44ClN5O4S/c1-29-33(8-5-9-36(29)37-10-6-12-40(30(37)2)52-17-7-15-50-16-14-35(51)26-50)28-54-42-20-41(53-27-32-18-31(21-46)22-47-23-32)34(19-38(42)45)24-48-25-44-49-39-11-3-4-13-43(39)55-44/h3-6,8-13,18-20,22-23,35,48,51H,7,14-17,24-28H2,1-2H3/t35-/m1/s1. The number of pyridine rings is 1. The average molecular weight is 774 g/mol. The lowest BCUT2D eigenvalue weighted by atomic mass is 9.93. The summed E-state index contributed by atoms with van der Waals surface area (Å²) in [6.45, 7) is 9.08. The van der Waals surface area contributed by atoms with Crippen molar-refractivity contribution < 1.29 is 19.3 Å². The summed E-state index contributed by atoms with van der Waals surface area (Å²) in [5, 5.41) is 24.2. The lowest BCUT2D eigenvalue weighted by Crippen LogP contribution is -2.24. The highest BCUT2D eigenvalue weighted by Gasteiger charge is 2.20. The van der Waals surface area contributed by atoms with Gasteiger partial charge in [-0.3, -0.25) is 4.98 Å². The van der Waals surface area contributed by atoms with Gasteiger partial charge in [-0.15, -0.1) is 11.3 Å². The van der Waals surface area contributed by atoms with Crippen molar-refractivity contribution in [2.75, 3.05) is 26.2 Å². The molecule has 1 atom stereocenters. The van der Waals surface area contributed by atoms with Crippen molar-refractivity contribution in [2.24, 2.45) is 0 Å². The summed E-state index contributed by atoms with van der Waals surface area (Å²) in [5.74, 6) is 2.01. The highest BCUT2D eigenvalue weighted by Crippen LogP contribution is 2.36. The number of para-hydroxylation sites is 1. The second-order valence-corrected chi connectivity index (χ2v) is 15.3. The van der Waals surface area contributed by atoms with Crippen molar-refractivity contribution in [3.8, 4) is 34.4 Å². The molecule has 1 saturated heterocycles. The van der Waals surface area contributed by atoms with Gasteiger partial charge in [0.2, 0.25) is 0 Å². The molecule has 9 nitrogen and oxygen atoms in total. The molecule has 0 spiro atoms. The van der Waals surface area contributed by atoms with Crippen molar-refractivity contribution in [3.63, 3.8) is 0 Å². The number of aromatic nitrogens is 2. The SMILES string of the molecule is Cc1c(COc2cc(OCc3cncc(C#N)c3)c(CNCc3nc4ccccc4s3)cc2Cl)cccc1-c1cccc(OCCCN2CC[C@@H](O)C2)c1C. The molecule has 0 aliphatic carbocycles. The molecule has 6 aromatic rings. The van der Waals surface area contributed by atoms with Crippen molar-refractivity contribution in [1.82, 2.24) is 20.2 Å². The second kappa shape index (κ2) is 18.1. The average Bonchev–Trinajstić information content (AvgIpc) is 3.82. The summed E-state index contributed by atoms with van der Waals surface area (Å²) >= 11 is 8.55. The molecule has 0 unspecified atom stereocenters.